The summed E-state index contributed by atoms with van der Waals surface area (Å²) in [6, 6.07) is 11.0. The van der Waals surface area contributed by atoms with Crippen LogP contribution in [0.1, 0.15) is 43.4 Å². The standard InChI is InChI=1S/C25H27N3O4/c1-14-8-5-13-20(26-14)28-25(30)21-15(2)27-17-10-7-11-18(29)23(17)22(21)16-9-6-12-19(31-3)24(16)32-4/h5-6,8-9,12-13,21-22H,7,10-11H2,1-4H3,(H,26,28,30)/t21?,22-/m0/s1. The van der Waals surface area contributed by atoms with Crippen molar-refractivity contribution in [1.82, 2.24) is 4.98 Å². The van der Waals surface area contributed by atoms with E-state index in [-0.39, 0.29) is 11.7 Å². The van der Waals surface area contributed by atoms with Crippen LogP contribution < -0.4 is 14.8 Å². The van der Waals surface area contributed by atoms with Crippen molar-refractivity contribution in [2.75, 3.05) is 19.5 Å². The number of ether oxygens (including phenoxy) is 2. The van der Waals surface area contributed by atoms with Gasteiger partial charge in [0.1, 0.15) is 5.82 Å². The fourth-order valence-electron chi connectivity index (χ4n) is 4.66. The molecule has 2 atom stereocenters. The normalized spacial score (nSPS) is 20.4. The van der Waals surface area contributed by atoms with Crippen molar-refractivity contribution in [1.29, 1.82) is 0 Å². The van der Waals surface area contributed by atoms with E-state index in [0.717, 1.165) is 29.8 Å². The van der Waals surface area contributed by atoms with Crippen LogP contribution in [0.3, 0.4) is 0 Å². The number of nitrogens with zero attached hydrogens (tertiary/aromatic N) is 2. The number of benzene rings is 1. The molecule has 7 nitrogen and oxygen atoms in total. The molecule has 1 N–H and O–H groups in total. The summed E-state index contributed by atoms with van der Waals surface area (Å²) in [5, 5.41) is 2.92. The van der Waals surface area contributed by atoms with Gasteiger partial charge in [0.05, 0.1) is 20.1 Å². The molecule has 1 aliphatic carbocycles. The Bertz CT molecular complexity index is 1140. The molecule has 1 unspecified atom stereocenters. The van der Waals surface area contributed by atoms with E-state index in [1.165, 1.54) is 0 Å². The maximum Gasteiger partial charge on any atom is 0.235 e. The van der Waals surface area contributed by atoms with Gasteiger partial charge in [-0.05, 0) is 44.9 Å². The van der Waals surface area contributed by atoms with Crippen molar-refractivity contribution in [2.45, 2.75) is 39.0 Å². The van der Waals surface area contributed by atoms with Crippen molar-refractivity contribution in [3.8, 4) is 11.5 Å². The number of hydrogen-bond donors (Lipinski definition) is 1. The van der Waals surface area contributed by atoms with Gasteiger partial charge >= 0.3 is 0 Å². The van der Waals surface area contributed by atoms with E-state index in [1.54, 1.807) is 26.4 Å². The third-order valence-corrected chi connectivity index (χ3v) is 6.02. The zero-order valence-electron chi connectivity index (χ0n) is 18.8. The summed E-state index contributed by atoms with van der Waals surface area (Å²) in [7, 11) is 3.13. The van der Waals surface area contributed by atoms with E-state index in [2.05, 4.69) is 10.3 Å². The SMILES string of the molecule is COc1cccc([C@@H]2C3=C(CCCC3=O)N=C(C)C2C(=O)Nc2cccc(C)n2)c1OC. The topological polar surface area (TPSA) is 89.9 Å². The third-order valence-electron chi connectivity index (χ3n) is 6.02. The molecule has 2 aliphatic rings. The molecule has 1 aliphatic heterocycles. The molecule has 0 fully saturated rings. The molecule has 1 amide bonds. The number of carbonyl (C=O) groups is 2. The highest BCUT2D eigenvalue weighted by Gasteiger charge is 2.43. The minimum Gasteiger partial charge on any atom is -0.493 e. The zero-order chi connectivity index (χ0) is 22.8. The number of para-hydroxylation sites is 1. The summed E-state index contributed by atoms with van der Waals surface area (Å²) in [5.74, 6) is 0.104. The molecule has 0 spiro atoms. The Morgan fingerprint density at radius 1 is 1.06 bits per heavy atom. The number of ketones is 1. The number of aliphatic imine (C=N–C) groups is 1. The number of aryl methyl sites for hydroxylation is 1. The maximum absolute atomic E-state index is 13.6. The number of rotatable bonds is 5. The van der Waals surface area contributed by atoms with Gasteiger partial charge < -0.3 is 14.8 Å². The summed E-state index contributed by atoms with van der Waals surface area (Å²) in [5.41, 5.74) is 3.58. The van der Waals surface area contributed by atoms with Gasteiger partial charge in [0.25, 0.3) is 0 Å². The quantitative estimate of drug-likeness (QED) is 0.762. The van der Waals surface area contributed by atoms with E-state index in [0.29, 0.717) is 35.0 Å². The van der Waals surface area contributed by atoms with Gasteiger partial charge in [-0.3, -0.25) is 14.6 Å². The van der Waals surface area contributed by atoms with Crippen molar-refractivity contribution < 1.29 is 19.1 Å². The minimum absolute atomic E-state index is 0.0313. The maximum atomic E-state index is 13.6. The van der Waals surface area contributed by atoms with Gasteiger partial charge in [0.2, 0.25) is 5.91 Å². The third kappa shape index (κ3) is 3.90. The van der Waals surface area contributed by atoms with Crippen LogP contribution in [0.2, 0.25) is 0 Å². The lowest BCUT2D eigenvalue weighted by Gasteiger charge is -2.35. The number of aromatic nitrogens is 1. The largest absolute Gasteiger partial charge is 0.493 e. The van der Waals surface area contributed by atoms with E-state index in [1.807, 2.05) is 38.1 Å². The monoisotopic (exact) mass is 433 g/mol. The van der Waals surface area contributed by atoms with Crippen LogP contribution in [0, 0.1) is 12.8 Å². The van der Waals surface area contributed by atoms with Crippen LogP contribution in [-0.4, -0.2) is 36.6 Å². The Balaban J connectivity index is 1.85. The highest BCUT2D eigenvalue weighted by molar-refractivity contribution is 6.13. The van der Waals surface area contributed by atoms with Crippen molar-refractivity contribution in [3.05, 3.63) is 58.9 Å². The lowest BCUT2D eigenvalue weighted by atomic mass is 9.71. The first-order chi connectivity index (χ1) is 15.4. The number of Topliss-reactive ketones (excluding diaryl/α,β-unsaturated/α-hetero) is 1. The lowest BCUT2D eigenvalue weighted by molar-refractivity contribution is -0.119. The van der Waals surface area contributed by atoms with Crippen LogP contribution in [-0.2, 0) is 9.59 Å². The van der Waals surface area contributed by atoms with Crippen LogP contribution in [0.4, 0.5) is 5.82 Å². The van der Waals surface area contributed by atoms with Gasteiger partial charge in [0.15, 0.2) is 17.3 Å². The molecule has 0 saturated heterocycles. The predicted molar refractivity (Wildman–Crippen MR) is 122 cm³/mol. The zero-order valence-corrected chi connectivity index (χ0v) is 18.8. The molecular weight excluding hydrogens is 406 g/mol. The van der Waals surface area contributed by atoms with Crippen molar-refractivity contribution in [3.63, 3.8) is 0 Å². The van der Waals surface area contributed by atoms with E-state index in [9.17, 15) is 9.59 Å². The number of carbonyl (C=O) groups excluding carboxylic acids is 2. The molecule has 166 valence electrons. The summed E-state index contributed by atoms with van der Waals surface area (Å²) in [4.78, 5) is 35.8. The minimum atomic E-state index is -0.681. The molecule has 1 aromatic heterocycles. The number of hydrogen-bond acceptors (Lipinski definition) is 6. The number of methoxy groups -OCH3 is 2. The average molecular weight is 434 g/mol. The van der Waals surface area contributed by atoms with Crippen LogP contribution in [0.5, 0.6) is 11.5 Å². The molecule has 32 heavy (non-hydrogen) atoms. The highest BCUT2D eigenvalue weighted by atomic mass is 16.5. The van der Waals surface area contributed by atoms with Crippen LogP contribution in [0.15, 0.2) is 52.7 Å². The first kappa shape index (κ1) is 21.7. The fourth-order valence-corrected chi connectivity index (χ4v) is 4.66. The summed E-state index contributed by atoms with van der Waals surface area (Å²) in [6.07, 6.45) is 1.93. The van der Waals surface area contributed by atoms with Gasteiger partial charge in [0, 0.05) is 40.6 Å². The molecule has 2 aromatic rings. The molecule has 0 radical (unpaired) electrons. The Hall–Kier alpha value is -3.48. The molecule has 2 heterocycles. The van der Waals surface area contributed by atoms with E-state index >= 15 is 0 Å². The average Bonchev–Trinajstić information content (AvgIpc) is 2.77. The first-order valence-corrected chi connectivity index (χ1v) is 10.7. The van der Waals surface area contributed by atoms with Crippen molar-refractivity contribution >= 4 is 23.2 Å². The Morgan fingerprint density at radius 3 is 2.56 bits per heavy atom. The number of allylic oxidation sites excluding steroid dienone is 2. The van der Waals surface area contributed by atoms with Gasteiger partial charge in [-0.2, -0.15) is 0 Å². The Labute approximate surface area is 187 Å². The smallest absolute Gasteiger partial charge is 0.235 e. The molecular formula is C25H27N3O4. The summed E-state index contributed by atoms with van der Waals surface area (Å²) >= 11 is 0. The number of anilines is 1. The van der Waals surface area contributed by atoms with E-state index < -0.39 is 11.8 Å². The molecule has 0 saturated carbocycles. The summed E-state index contributed by atoms with van der Waals surface area (Å²) < 4.78 is 11.2. The van der Waals surface area contributed by atoms with Gasteiger partial charge in [-0.25, -0.2) is 4.98 Å². The second kappa shape index (κ2) is 8.94. The number of nitrogens with one attached hydrogen (secondary N) is 1. The molecule has 4 rings (SSSR count). The Kier molecular flexibility index (Phi) is 6.08. The highest BCUT2D eigenvalue weighted by Crippen LogP contribution is 2.48. The van der Waals surface area contributed by atoms with Gasteiger partial charge in [-0.1, -0.05) is 18.2 Å². The van der Waals surface area contributed by atoms with Crippen LogP contribution >= 0.6 is 0 Å². The number of amides is 1. The molecule has 7 heteroatoms. The first-order valence-electron chi connectivity index (χ1n) is 10.7. The Morgan fingerprint density at radius 2 is 1.84 bits per heavy atom. The summed E-state index contributed by atoms with van der Waals surface area (Å²) in [6.45, 7) is 3.71. The second-order valence-corrected chi connectivity index (χ2v) is 8.08. The fraction of sp³-hybridized carbons (Fsp3) is 0.360. The van der Waals surface area contributed by atoms with Crippen molar-refractivity contribution in [2.24, 2.45) is 10.9 Å². The molecule has 1 aromatic carbocycles. The lowest BCUT2D eigenvalue weighted by Crippen LogP contribution is -2.39. The second-order valence-electron chi connectivity index (χ2n) is 8.08. The van der Waals surface area contributed by atoms with Crippen LogP contribution in [0.25, 0.3) is 0 Å². The molecule has 0 bridgehead atoms. The van der Waals surface area contributed by atoms with E-state index in [4.69, 9.17) is 14.5 Å². The number of pyridine rings is 1. The van der Waals surface area contributed by atoms with Gasteiger partial charge in [-0.15, -0.1) is 0 Å². The predicted octanol–water partition coefficient (Wildman–Crippen LogP) is 4.23.